The van der Waals surface area contributed by atoms with Crippen molar-refractivity contribution in [3.05, 3.63) is 33.1 Å². The van der Waals surface area contributed by atoms with Crippen molar-refractivity contribution < 1.29 is 33.3 Å². The molecule has 0 aliphatic carbocycles. The van der Waals surface area contributed by atoms with Gasteiger partial charge in [-0.3, -0.25) is 28.7 Å². The molecule has 0 unspecified atom stereocenters. The third-order valence-electron chi connectivity index (χ3n) is 3.41. The maximum absolute atomic E-state index is 12.0. The maximum atomic E-state index is 12.0. The molecule has 0 radical (unpaired) electrons. The fourth-order valence-electron chi connectivity index (χ4n) is 2.40. The van der Waals surface area contributed by atoms with Crippen molar-refractivity contribution >= 4 is 17.9 Å². The van der Waals surface area contributed by atoms with Crippen molar-refractivity contribution in [2.45, 2.75) is 51.9 Å². The van der Waals surface area contributed by atoms with E-state index in [-0.39, 0.29) is 6.42 Å². The Kier molecular flexibility index (Phi) is 5.93. The number of H-pyrrole nitrogens is 1. The lowest BCUT2D eigenvalue weighted by Gasteiger charge is -2.23. The molecule has 2 heterocycles. The summed E-state index contributed by atoms with van der Waals surface area (Å²) in [6.07, 6.45) is -4.13. The Morgan fingerprint density at radius 3 is 2.27 bits per heavy atom. The third kappa shape index (κ3) is 4.36. The summed E-state index contributed by atoms with van der Waals surface area (Å²) in [5, 5.41) is 0. The van der Waals surface area contributed by atoms with E-state index in [1.54, 1.807) is 6.92 Å². The Hall–Kier alpha value is -2.95. The summed E-state index contributed by atoms with van der Waals surface area (Å²) in [4.78, 5) is 59.8. The van der Waals surface area contributed by atoms with Gasteiger partial charge in [0.15, 0.2) is 12.3 Å². The number of esters is 3. The standard InChI is InChI=1S/C15H18N2O9/c1-4-10(21)25-14-12(24-8(3)19)11(23-7(2)18)13(26-14)17-6-5-9(20)16-15(17)22/h5-6,11-14H,4H2,1-3H3,(H,16,20,22)/t11-,12-,13-,14-/m1/s1. The van der Waals surface area contributed by atoms with Gasteiger partial charge in [-0.25, -0.2) is 4.79 Å². The smallest absolute Gasteiger partial charge is 0.330 e. The number of nitrogens with zero attached hydrogens (tertiary/aromatic N) is 1. The lowest BCUT2D eigenvalue weighted by molar-refractivity contribution is -0.200. The predicted molar refractivity (Wildman–Crippen MR) is 82.7 cm³/mol. The average molecular weight is 370 g/mol. The summed E-state index contributed by atoms with van der Waals surface area (Å²) in [5.41, 5.74) is -1.48. The van der Waals surface area contributed by atoms with Gasteiger partial charge in [0.2, 0.25) is 12.4 Å². The number of aromatic amines is 1. The zero-order chi connectivity index (χ0) is 19.4. The number of ether oxygens (including phenoxy) is 4. The number of aromatic nitrogens is 2. The van der Waals surface area contributed by atoms with Crippen LogP contribution in [-0.2, 0) is 33.3 Å². The molecule has 11 heteroatoms. The fraction of sp³-hybridized carbons (Fsp3) is 0.533. The summed E-state index contributed by atoms with van der Waals surface area (Å²) in [5.74, 6) is -2.12. The van der Waals surface area contributed by atoms with Gasteiger partial charge >= 0.3 is 23.6 Å². The molecule has 26 heavy (non-hydrogen) atoms. The first-order valence-corrected chi connectivity index (χ1v) is 7.73. The molecule has 1 aliphatic heterocycles. The van der Waals surface area contributed by atoms with Crippen LogP contribution in [-0.4, -0.2) is 46.0 Å². The topological polar surface area (TPSA) is 143 Å². The molecule has 0 aromatic carbocycles. The molecule has 4 atom stereocenters. The lowest BCUT2D eigenvalue weighted by Crippen LogP contribution is -2.42. The second-order valence-electron chi connectivity index (χ2n) is 5.40. The first-order valence-electron chi connectivity index (χ1n) is 7.73. The van der Waals surface area contributed by atoms with Crippen molar-refractivity contribution in [1.29, 1.82) is 0 Å². The molecular weight excluding hydrogens is 352 g/mol. The maximum Gasteiger partial charge on any atom is 0.330 e. The number of rotatable bonds is 5. The highest BCUT2D eigenvalue weighted by Gasteiger charge is 2.52. The minimum atomic E-state index is -1.40. The number of hydrogen-bond acceptors (Lipinski definition) is 9. The van der Waals surface area contributed by atoms with E-state index in [2.05, 4.69) is 0 Å². The SMILES string of the molecule is CCC(=O)O[C@@H]1O[C@@H](n2ccc(=O)[nH]c2=O)[C@H](OC(C)=O)[C@H]1OC(C)=O. The largest absolute Gasteiger partial charge is 0.453 e. The van der Waals surface area contributed by atoms with Crippen molar-refractivity contribution in [2.24, 2.45) is 0 Å². The van der Waals surface area contributed by atoms with Gasteiger partial charge in [0.25, 0.3) is 5.56 Å². The van der Waals surface area contributed by atoms with Crippen LogP contribution in [0.25, 0.3) is 0 Å². The fourth-order valence-corrected chi connectivity index (χ4v) is 2.40. The van der Waals surface area contributed by atoms with Gasteiger partial charge in [-0.15, -0.1) is 0 Å². The van der Waals surface area contributed by atoms with Gasteiger partial charge in [-0.05, 0) is 0 Å². The normalized spacial score (nSPS) is 24.7. The van der Waals surface area contributed by atoms with Crippen LogP contribution in [0.1, 0.15) is 33.4 Å². The molecular formula is C15H18N2O9. The summed E-state index contributed by atoms with van der Waals surface area (Å²) >= 11 is 0. The lowest BCUT2D eigenvalue weighted by atomic mass is 10.2. The molecule has 0 saturated carbocycles. The number of carbonyl (C=O) groups excluding carboxylic acids is 3. The van der Waals surface area contributed by atoms with E-state index in [9.17, 15) is 24.0 Å². The van der Waals surface area contributed by atoms with Gasteiger partial charge < -0.3 is 18.9 Å². The van der Waals surface area contributed by atoms with Gasteiger partial charge in [-0.2, -0.15) is 0 Å². The van der Waals surface area contributed by atoms with Crippen LogP contribution in [0.15, 0.2) is 21.9 Å². The van der Waals surface area contributed by atoms with E-state index in [1.807, 2.05) is 4.98 Å². The molecule has 0 spiro atoms. The van der Waals surface area contributed by atoms with Crippen LogP contribution < -0.4 is 11.2 Å². The van der Waals surface area contributed by atoms with Crippen LogP contribution >= 0.6 is 0 Å². The van der Waals surface area contributed by atoms with Crippen LogP contribution in [0.5, 0.6) is 0 Å². The molecule has 1 aromatic rings. The van der Waals surface area contributed by atoms with Gasteiger partial charge in [0, 0.05) is 32.5 Å². The molecule has 1 aromatic heterocycles. The highest BCUT2D eigenvalue weighted by molar-refractivity contribution is 5.69. The quantitative estimate of drug-likeness (QED) is 0.521. The molecule has 2 rings (SSSR count). The number of nitrogens with one attached hydrogen (secondary N) is 1. The van der Waals surface area contributed by atoms with E-state index < -0.39 is 53.9 Å². The molecule has 1 N–H and O–H groups in total. The third-order valence-corrected chi connectivity index (χ3v) is 3.41. The number of carbonyl (C=O) groups is 3. The Morgan fingerprint density at radius 2 is 1.73 bits per heavy atom. The Labute approximate surface area is 146 Å². The van der Waals surface area contributed by atoms with E-state index >= 15 is 0 Å². The summed E-state index contributed by atoms with van der Waals surface area (Å²) in [7, 11) is 0. The monoisotopic (exact) mass is 370 g/mol. The number of hydrogen-bond donors (Lipinski definition) is 1. The minimum absolute atomic E-state index is 0.0220. The van der Waals surface area contributed by atoms with Crippen LogP contribution in [0.2, 0.25) is 0 Å². The first kappa shape index (κ1) is 19.4. The highest BCUT2D eigenvalue weighted by atomic mass is 16.8. The van der Waals surface area contributed by atoms with Crippen molar-refractivity contribution in [3.8, 4) is 0 Å². The van der Waals surface area contributed by atoms with E-state index in [0.717, 1.165) is 30.7 Å². The molecule has 1 fully saturated rings. The van der Waals surface area contributed by atoms with Gasteiger partial charge in [0.1, 0.15) is 0 Å². The van der Waals surface area contributed by atoms with Crippen molar-refractivity contribution in [1.82, 2.24) is 9.55 Å². The van der Waals surface area contributed by atoms with Crippen molar-refractivity contribution in [2.75, 3.05) is 0 Å². The molecule has 1 saturated heterocycles. The Morgan fingerprint density at radius 1 is 1.12 bits per heavy atom. The zero-order valence-corrected chi connectivity index (χ0v) is 14.3. The van der Waals surface area contributed by atoms with E-state index in [0.29, 0.717) is 0 Å². The molecule has 0 bridgehead atoms. The van der Waals surface area contributed by atoms with Crippen LogP contribution in [0, 0.1) is 0 Å². The van der Waals surface area contributed by atoms with Crippen LogP contribution in [0.4, 0.5) is 0 Å². The average Bonchev–Trinajstić information content (AvgIpc) is 2.84. The predicted octanol–water partition coefficient (Wildman–Crippen LogP) is -0.792. The van der Waals surface area contributed by atoms with E-state index in [1.165, 1.54) is 0 Å². The Balaban J connectivity index is 2.45. The Bertz CT molecular complexity index is 812. The minimum Gasteiger partial charge on any atom is -0.453 e. The molecule has 0 amide bonds. The van der Waals surface area contributed by atoms with Gasteiger partial charge in [0.05, 0.1) is 0 Å². The van der Waals surface area contributed by atoms with Crippen molar-refractivity contribution in [3.63, 3.8) is 0 Å². The molecule has 11 nitrogen and oxygen atoms in total. The van der Waals surface area contributed by atoms with Gasteiger partial charge in [-0.1, -0.05) is 6.92 Å². The highest BCUT2D eigenvalue weighted by Crippen LogP contribution is 2.34. The summed E-state index contributed by atoms with van der Waals surface area (Å²) < 4.78 is 21.8. The molecule has 1 aliphatic rings. The van der Waals surface area contributed by atoms with Crippen LogP contribution in [0.3, 0.4) is 0 Å². The summed E-state index contributed by atoms with van der Waals surface area (Å²) in [6, 6.07) is 1.06. The van der Waals surface area contributed by atoms with E-state index in [4.69, 9.17) is 18.9 Å². The second kappa shape index (κ2) is 7.95. The zero-order valence-electron chi connectivity index (χ0n) is 14.3. The second-order valence-corrected chi connectivity index (χ2v) is 5.40. The first-order chi connectivity index (χ1) is 12.2. The summed E-state index contributed by atoms with van der Waals surface area (Å²) in [6.45, 7) is 3.78. The molecule has 142 valence electrons.